The van der Waals surface area contributed by atoms with Crippen LogP contribution in [0.25, 0.3) is 0 Å². The number of hydroxylamine groups is 1. The Labute approximate surface area is 76.7 Å². The summed E-state index contributed by atoms with van der Waals surface area (Å²) >= 11 is 0. The van der Waals surface area contributed by atoms with Crippen LogP contribution >= 0.6 is 0 Å². The Morgan fingerprint density at radius 3 is 2.46 bits per heavy atom. The molecular formula is C5H12N2O5S. The first-order valence-electron chi connectivity index (χ1n) is 3.41. The van der Waals surface area contributed by atoms with E-state index >= 15 is 0 Å². The van der Waals surface area contributed by atoms with E-state index in [9.17, 15) is 13.2 Å². The van der Waals surface area contributed by atoms with Crippen molar-refractivity contribution in [3.8, 4) is 0 Å². The normalized spacial score (nSPS) is 11.4. The molecule has 0 aromatic heterocycles. The maximum absolute atomic E-state index is 11.0. The second kappa shape index (κ2) is 5.00. The Morgan fingerprint density at radius 2 is 2.08 bits per heavy atom. The first kappa shape index (κ1) is 12.1. The molecule has 1 amide bonds. The number of carbonyl (C=O) groups is 1. The molecule has 1 N–H and O–H groups in total. The van der Waals surface area contributed by atoms with Gasteiger partial charge in [0.05, 0.1) is 13.7 Å². The molecule has 0 aromatic carbocycles. The lowest BCUT2D eigenvalue weighted by Crippen LogP contribution is -2.41. The third-order valence-electron chi connectivity index (χ3n) is 1.08. The van der Waals surface area contributed by atoms with Gasteiger partial charge in [-0.3, -0.25) is 4.84 Å². The molecule has 13 heavy (non-hydrogen) atoms. The predicted molar refractivity (Wildman–Crippen MR) is 43.8 cm³/mol. The lowest BCUT2D eigenvalue weighted by Gasteiger charge is -2.13. The van der Waals surface area contributed by atoms with E-state index in [1.807, 2.05) is 0 Å². The number of rotatable bonds is 4. The molecule has 0 atom stereocenters. The van der Waals surface area contributed by atoms with E-state index in [-0.39, 0.29) is 6.61 Å². The highest BCUT2D eigenvalue weighted by atomic mass is 32.2. The van der Waals surface area contributed by atoms with Gasteiger partial charge in [0.2, 0.25) is 0 Å². The van der Waals surface area contributed by atoms with Crippen LogP contribution in [-0.4, -0.2) is 39.7 Å². The van der Waals surface area contributed by atoms with Crippen molar-refractivity contribution in [1.82, 2.24) is 9.19 Å². The average Bonchev–Trinajstić information content (AvgIpc) is 2.02. The molecule has 0 saturated carbocycles. The van der Waals surface area contributed by atoms with Crippen molar-refractivity contribution in [2.24, 2.45) is 0 Å². The lowest BCUT2D eigenvalue weighted by molar-refractivity contribution is -0.0270. The third kappa shape index (κ3) is 4.06. The molecule has 0 bridgehead atoms. The highest BCUT2D eigenvalue weighted by Crippen LogP contribution is 1.93. The summed E-state index contributed by atoms with van der Waals surface area (Å²) in [6.07, 6.45) is -1.04. The molecule has 78 valence electrons. The standard InChI is InChI=1S/C5H12N2O5S/c1-4-12-5(8)6-13(9,10)7(2)11-3/h4H2,1-3H3,(H,6,8). The Kier molecular flexibility index (Phi) is 4.67. The maximum Gasteiger partial charge on any atom is 0.421 e. The second-order valence-electron chi connectivity index (χ2n) is 1.92. The second-order valence-corrected chi connectivity index (χ2v) is 3.59. The van der Waals surface area contributed by atoms with Gasteiger partial charge in [0.1, 0.15) is 0 Å². The van der Waals surface area contributed by atoms with Crippen LogP contribution < -0.4 is 4.72 Å². The first-order chi connectivity index (χ1) is 5.94. The van der Waals surface area contributed by atoms with Crippen LogP contribution in [0.2, 0.25) is 0 Å². The van der Waals surface area contributed by atoms with Crippen molar-refractivity contribution in [3.05, 3.63) is 0 Å². The number of amides is 1. The minimum atomic E-state index is -3.95. The van der Waals surface area contributed by atoms with Crippen LogP contribution in [0.4, 0.5) is 4.79 Å². The molecule has 0 heterocycles. The van der Waals surface area contributed by atoms with Crippen LogP contribution in [0.15, 0.2) is 0 Å². The number of carbonyl (C=O) groups excluding carboxylic acids is 1. The summed E-state index contributed by atoms with van der Waals surface area (Å²) in [6, 6.07) is 0. The number of ether oxygens (including phenoxy) is 1. The molecular weight excluding hydrogens is 200 g/mol. The van der Waals surface area contributed by atoms with E-state index < -0.39 is 16.3 Å². The summed E-state index contributed by atoms with van der Waals surface area (Å²) in [4.78, 5) is 15.1. The van der Waals surface area contributed by atoms with Crippen molar-refractivity contribution in [2.45, 2.75) is 6.92 Å². The van der Waals surface area contributed by atoms with Crippen molar-refractivity contribution in [3.63, 3.8) is 0 Å². The molecule has 0 aliphatic rings. The van der Waals surface area contributed by atoms with Crippen molar-refractivity contribution in [2.75, 3.05) is 20.8 Å². The Hall–Kier alpha value is -0.860. The third-order valence-corrected chi connectivity index (χ3v) is 2.33. The van der Waals surface area contributed by atoms with E-state index in [2.05, 4.69) is 9.57 Å². The fraction of sp³-hybridized carbons (Fsp3) is 0.800. The molecule has 7 nitrogen and oxygen atoms in total. The zero-order valence-electron chi connectivity index (χ0n) is 7.60. The topological polar surface area (TPSA) is 84.9 Å². The van der Waals surface area contributed by atoms with Crippen LogP contribution in [0.3, 0.4) is 0 Å². The molecule has 0 aliphatic heterocycles. The minimum Gasteiger partial charge on any atom is -0.449 e. The summed E-state index contributed by atoms with van der Waals surface area (Å²) in [7, 11) is -1.65. The SMILES string of the molecule is CCOC(=O)NS(=O)(=O)N(C)OC. The van der Waals surface area contributed by atoms with Gasteiger partial charge in [-0.25, -0.2) is 9.52 Å². The number of hydrogen-bond donors (Lipinski definition) is 1. The van der Waals surface area contributed by atoms with Gasteiger partial charge in [0.25, 0.3) is 0 Å². The molecule has 8 heteroatoms. The number of hydrogen-bond acceptors (Lipinski definition) is 5. The molecule has 0 spiro atoms. The Bertz CT molecular complexity index is 262. The molecule has 0 rings (SSSR count). The number of nitrogens with one attached hydrogen (secondary N) is 1. The van der Waals surface area contributed by atoms with Gasteiger partial charge in [-0.05, 0) is 6.92 Å². The quantitative estimate of drug-likeness (QED) is 0.633. The van der Waals surface area contributed by atoms with Crippen LogP contribution in [0.5, 0.6) is 0 Å². The van der Waals surface area contributed by atoms with Gasteiger partial charge in [-0.2, -0.15) is 8.42 Å². The van der Waals surface area contributed by atoms with E-state index in [1.54, 1.807) is 11.6 Å². The smallest absolute Gasteiger partial charge is 0.421 e. The average molecular weight is 212 g/mol. The lowest BCUT2D eigenvalue weighted by atomic mass is 10.9. The maximum atomic E-state index is 11.0. The fourth-order valence-electron chi connectivity index (χ4n) is 0.428. The molecule has 0 fully saturated rings. The van der Waals surface area contributed by atoms with Gasteiger partial charge < -0.3 is 4.74 Å². The fourth-order valence-corrected chi connectivity index (χ4v) is 1.02. The van der Waals surface area contributed by atoms with Crippen molar-refractivity contribution < 1.29 is 22.8 Å². The Morgan fingerprint density at radius 1 is 1.54 bits per heavy atom. The van der Waals surface area contributed by atoms with E-state index in [4.69, 9.17) is 0 Å². The molecule has 0 unspecified atom stereocenters. The van der Waals surface area contributed by atoms with E-state index in [0.717, 1.165) is 14.2 Å². The van der Waals surface area contributed by atoms with Gasteiger partial charge in [0, 0.05) is 7.05 Å². The monoisotopic (exact) mass is 212 g/mol. The Balaban J connectivity index is 4.26. The van der Waals surface area contributed by atoms with Crippen LogP contribution in [-0.2, 0) is 19.8 Å². The molecule has 0 aliphatic carbocycles. The zero-order chi connectivity index (χ0) is 10.5. The van der Waals surface area contributed by atoms with Crippen molar-refractivity contribution >= 4 is 16.3 Å². The van der Waals surface area contributed by atoms with E-state index in [0.29, 0.717) is 4.47 Å². The summed E-state index contributed by atoms with van der Waals surface area (Å²) in [5.41, 5.74) is 0. The zero-order valence-corrected chi connectivity index (χ0v) is 8.42. The molecule has 0 saturated heterocycles. The van der Waals surface area contributed by atoms with Gasteiger partial charge >= 0.3 is 16.3 Å². The van der Waals surface area contributed by atoms with Crippen LogP contribution in [0, 0.1) is 0 Å². The molecule has 0 aromatic rings. The van der Waals surface area contributed by atoms with Crippen molar-refractivity contribution in [1.29, 1.82) is 0 Å². The molecule has 0 radical (unpaired) electrons. The van der Waals surface area contributed by atoms with Crippen LogP contribution in [0.1, 0.15) is 6.92 Å². The summed E-state index contributed by atoms with van der Waals surface area (Å²) < 4.78 is 28.6. The largest absolute Gasteiger partial charge is 0.449 e. The number of nitrogens with zero attached hydrogens (tertiary/aromatic N) is 1. The summed E-state index contributed by atoms with van der Waals surface area (Å²) in [5, 5.41) is 0. The van der Waals surface area contributed by atoms with Gasteiger partial charge in [0.15, 0.2) is 0 Å². The minimum absolute atomic E-state index is 0.0953. The highest BCUT2D eigenvalue weighted by Gasteiger charge is 2.20. The van der Waals surface area contributed by atoms with Gasteiger partial charge in [-0.1, -0.05) is 4.47 Å². The summed E-state index contributed by atoms with van der Waals surface area (Å²) in [5.74, 6) is 0. The summed E-state index contributed by atoms with van der Waals surface area (Å²) in [6.45, 7) is 1.66. The highest BCUT2D eigenvalue weighted by molar-refractivity contribution is 7.87. The predicted octanol–water partition coefficient (Wildman–Crippen LogP) is -0.529. The first-order valence-corrected chi connectivity index (χ1v) is 4.85. The van der Waals surface area contributed by atoms with Gasteiger partial charge in [-0.15, -0.1) is 0 Å². The van der Waals surface area contributed by atoms with E-state index in [1.165, 1.54) is 0 Å².